The zero-order valence-corrected chi connectivity index (χ0v) is 7.25. The first-order chi connectivity index (χ1) is 5.42. The van der Waals surface area contributed by atoms with Crippen LogP contribution in [0.25, 0.3) is 0 Å². The summed E-state index contributed by atoms with van der Waals surface area (Å²) >= 11 is 0. The Hall–Kier alpha value is -0.0800. The highest BCUT2D eigenvalue weighted by atomic mass is 16.5. The summed E-state index contributed by atoms with van der Waals surface area (Å²) in [5.41, 5.74) is 0. The van der Waals surface area contributed by atoms with Crippen LogP contribution in [-0.4, -0.2) is 36.7 Å². The number of ether oxygens (including phenoxy) is 1. The predicted molar refractivity (Wildman–Crippen MR) is 44.6 cm³/mol. The maximum atomic E-state index is 5.68. The van der Waals surface area contributed by atoms with Crippen molar-refractivity contribution in [1.29, 1.82) is 0 Å². The first-order valence-electron chi connectivity index (χ1n) is 4.77. The van der Waals surface area contributed by atoms with Gasteiger partial charge in [-0.2, -0.15) is 0 Å². The van der Waals surface area contributed by atoms with E-state index in [9.17, 15) is 0 Å². The van der Waals surface area contributed by atoms with Crippen molar-refractivity contribution in [3.8, 4) is 0 Å². The molecule has 11 heavy (non-hydrogen) atoms. The molecule has 2 aliphatic heterocycles. The normalized spacial score (nSPS) is 37.9. The summed E-state index contributed by atoms with van der Waals surface area (Å²) in [7, 11) is 0. The fourth-order valence-electron chi connectivity index (χ4n) is 2.44. The molecule has 2 rings (SSSR count). The minimum Gasteiger partial charge on any atom is -0.377 e. The van der Waals surface area contributed by atoms with Crippen LogP contribution in [0.1, 0.15) is 26.2 Å². The second-order valence-electron chi connectivity index (χ2n) is 3.53. The largest absolute Gasteiger partial charge is 0.377 e. The Bertz CT molecular complexity index is 136. The molecule has 2 unspecified atom stereocenters. The molecule has 0 N–H and O–H groups in total. The smallest absolute Gasteiger partial charge is 0.0742 e. The van der Waals surface area contributed by atoms with Gasteiger partial charge < -0.3 is 4.74 Å². The van der Waals surface area contributed by atoms with Gasteiger partial charge in [0.25, 0.3) is 0 Å². The molecule has 2 atom stereocenters. The van der Waals surface area contributed by atoms with E-state index >= 15 is 0 Å². The van der Waals surface area contributed by atoms with Gasteiger partial charge in [-0.3, -0.25) is 4.90 Å². The number of hydrogen-bond acceptors (Lipinski definition) is 2. The molecule has 2 heteroatoms. The summed E-state index contributed by atoms with van der Waals surface area (Å²) in [6.45, 7) is 5.57. The first kappa shape index (κ1) is 7.56. The van der Waals surface area contributed by atoms with Gasteiger partial charge in [-0.15, -0.1) is 0 Å². The Morgan fingerprint density at radius 3 is 3.09 bits per heavy atom. The number of fused-ring (bicyclic) bond motifs is 1. The van der Waals surface area contributed by atoms with E-state index in [1.807, 2.05) is 0 Å². The Labute approximate surface area is 68.5 Å². The Kier molecular flexibility index (Phi) is 2.14. The van der Waals surface area contributed by atoms with E-state index in [0.717, 1.165) is 12.6 Å². The van der Waals surface area contributed by atoms with Crippen LogP contribution in [0.4, 0.5) is 0 Å². The SMILES string of the molecule is CCOC1CCN2CCCC12. The molecular weight excluding hydrogens is 138 g/mol. The van der Waals surface area contributed by atoms with Crippen LogP contribution in [0.15, 0.2) is 0 Å². The van der Waals surface area contributed by atoms with Crippen LogP contribution in [0.5, 0.6) is 0 Å². The number of rotatable bonds is 2. The fraction of sp³-hybridized carbons (Fsp3) is 1.00. The van der Waals surface area contributed by atoms with Crippen molar-refractivity contribution in [1.82, 2.24) is 4.90 Å². The molecule has 0 bridgehead atoms. The van der Waals surface area contributed by atoms with Crippen molar-refractivity contribution in [3.63, 3.8) is 0 Å². The quantitative estimate of drug-likeness (QED) is 0.595. The highest BCUT2D eigenvalue weighted by Crippen LogP contribution is 2.29. The molecule has 2 aliphatic rings. The van der Waals surface area contributed by atoms with Crippen LogP contribution < -0.4 is 0 Å². The Morgan fingerprint density at radius 1 is 1.36 bits per heavy atom. The lowest BCUT2D eigenvalue weighted by Crippen LogP contribution is -2.30. The zero-order chi connectivity index (χ0) is 7.68. The molecule has 2 fully saturated rings. The van der Waals surface area contributed by atoms with Gasteiger partial charge in [-0.25, -0.2) is 0 Å². The molecule has 0 saturated carbocycles. The molecule has 2 saturated heterocycles. The van der Waals surface area contributed by atoms with E-state index in [4.69, 9.17) is 4.74 Å². The van der Waals surface area contributed by atoms with Crippen LogP contribution in [0.3, 0.4) is 0 Å². The van der Waals surface area contributed by atoms with Gasteiger partial charge in [-0.05, 0) is 32.7 Å². The summed E-state index contributed by atoms with van der Waals surface area (Å²) in [4.78, 5) is 2.58. The molecule has 0 amide bonds. The summed E-state index contributed by atoms with van der Waals surface area (Å²) in [6.07, 6.45) is 4.57. The van der Waals surface area contributed by atoms with E-state index in [0.29, 0.717) is 6.10 Å². The van der Waals surface area contributed by atoms with Crippen LogP contribution in [0.2, 0.25) is 0 Å². The lowest BCUT2D eigenvalue weighted by molar-refractivity contribution is 0.0435. The molecule has 2 heterocycles. The zero-order valence-electron chi connectivity index (χ0n) is 7.25. The van der Waals surface area contributed by atoms with E-state index in [2.05, 4.69) is 11.8 Å². The molecule has 2 nitrogen and oxygen atoms in total. The van der Waals surface area contributed by atoms with E-state index in [-0.39, 0.29) is 0 Å². The molecule has 0 aromatic heterocycles. The van der Waals surface area contributed by atoms with E-state index in [1.54, 1.807) is 0 Å². The van der Waals surface area contributed by atoms with E-state index in [1.165, 1.54) is 32.4 Å². The van der Waals surface area contributed by atoms with Crippen molar-refractivity contribution in [3.05, 3.63) is 0 Å². The van der Waals surface area contributed by atoms with Crippen molar-refractivity contribution in [2.24, 2.45) is 0 Å². The van der Waals surface area contributed by atoms with Crippen molar-refractivity contribution in [2.75, 3.05) is 19.7 Å². The minimum absolute atomic E-state index is 0.558. The van der Waals surface area contributed by atoms with Gasteiger partial charge in [0.15, 0.2) is 0 Å². The van der Waals surface area contributed by atoms with Gasteiger partial charge in [0.2, 0.25) is 0 Å². The van der Waals surface area contributed by atoms with Crippen LogP contribution >= 0.6 is 0 Å². The third kappa shape index (κ3) is 1.30. The average molecular weight is 155 g/mol. The second-order valence-corrected chi connectivity index (χ2v) is 3.53. The number of hydrogen-bond donors (Lipinski definition) is 0. The van der Waals surface area contributed by atoms with Gasteiger partial charge in [0.1, 0.15) is 0 Å². The predicted octanol–water partition coefficient (Wildman–Crippen LogP) is 1.26. The minimum atomic E-state index is 0.558. The maximum Gasteiger partial charge on any atom is 0.0742 e. The Balaban J connectivity index is 1.92. The summed E-state index contributed by atoms with van der Waals surface area (Å²) in [6, 6.07) is 0.773. The van der Waals surface area contributed by atoms with Gasteiger partial charge >= 0.3 is 0 Å². The van der Waals surface area contributed by atoms with Crippen molar-refractivity contribution < 1.29 is 4.74 Å². The van der Waals surface area contributed by atoms with Crippen molar-refractivity contribution >= 4 is 0 Å². The van der Waals surface area contributed by atoms with Crippen molar-refractivity contribution in [2.45, 2.75) is 38.3 Å². The lowest BCUT2D eigenvalue weighted by atomic mass is 10.1. The molecule has 0 aliphatic carbocycles. The monoisotopic (exact) mass is 155 g/mol. The second kappa shape index (κ2) is 3.11. The summed E-state index contributed by atoms with van der Waals surface area (Å²) in [5, 5.41) is 0. The molecule has 0 spiro atoms. The summed E-state index contributed by atoms with van der Waals surface area (Å²) in [5.74, 6) is 0. The van der Waals surface area contributed by atoms with Crippen LogP contribution in [-0.2, 0) is 4.74 Å². The Morgan fingerprint density at radius 2 is 2.27 bits per heavy atom. The maximum absolute atomic E-state index is 5.68. The molecular formula is C9H17NO. The molecule has 64 valence electrons. The van der Waals surface area contributed by atoms with Crippen LogP contribution in [0, 0.1) is 0 Å². The average Bonchev–Trinajstić information content (AvgIpc) is 2.53. The highest BCUT2D eigenvalue weighted by Gasteiger charge is 2.37. The summed E-state index contributed by atoms with van der Waals surface area (Å²) < 4.78 is 5.68. The standard InChI is InChI=1S/C9H17NO/c1-2-11-9-5-7-10-6-3-4-8(9)10/h8-9H,2-7H2,1H3. The first-order valence-corrected chi connectivity index (χ1v) is 4.77. The fourth-order valence-corrected chi connectivity index (χ4v) is 2.44. The lowest BCUT2D eigenvalue weighted by Gasteiger charge is -2.19. The van der Waals surface area contributed by atoms with Gasteiger partial charge in [-0.1, -0.05) is 0 Å². The topological polar surface area (TPSA) is 12.5 Å². The molecule has 0 aromatic rings. The van der Waals surface area contributed by atoms with E-state index < -0.39 is 0 Å². The van der Waals surface area contributed by atoms with Gasteiger partial charge in [0, 0.05) is 19.2 Å². The third-order valence-electron chi connectivity index (χ3n) is 2.92. The third-order valence-corrected chi connectivity index (χ3v) is 2.92. The molecule has 0 aromatic carbocycles. The number of nitrogens with zero attached hydrogens (tertiary/aromatic N) is 1. The highest BCUT2D eigenvalue weighted by molar-refractivity contribution is 4.92. The van der Waals surface area contributed by atoms with Gasteiger partial charge in [0.05, 0.1) is 6.10 Å². The molecule has 0 radical (unpaired) electrons.